The zero-order valence-corrected chi connectivity index (χ0v) is 17.3. The summed E-state index contributed by atoms with van der Waals surface area (Å²) in [5, 5.41) is 7.03. The summed E-state index contributed by atoms with van der Waals surface area (Å²) in [6.45, 7) is 0. The fourth-order valence-electron chi connectivity index (χ4n) is 3.75. The van der Waals surface area contributed by atoms with E-state index in [1.807, 2.05) is 36.4 Å². The summed E-state index contributed by atoms with van der Waals surface area (Å²) >= 11 is 0. The summed E-state index contributed by atoms with van der Waals surface area (Å²) in [5.74, 6) is 0.266. The first kappa shape index (κ1) is 20.7. The summed E-state index contributed by atoms with van der Waals surface area (Å²) in [4.78, 5) is 23.5. The number of nitrogens with one attached hydrogen (secondary N) is 1. The highest BCUT2D eigenvalue weighted by molar-refractivity contribution is 5.91. The van der Waals surface area contributed by atoms with Crippen molar-refractivity contribution in [2.24, 2.45) is 5.73 Å². The number of aromatic nitrogens is 2. The number of primary amides is 1. The van der Waals surface area contributed by atoms with E-state index in [0.29, 0.717) is 24.6 Å². The van der Waals surface area contributed by atoms with Crippen molar-refractivity contribution in [2.75, 3.05) is 5.32 Å². The van der Waals surface area contributed by atoms with E-state index in [0.717, 1.165) is 29.8 Å². The standard InChI is InChI=1S/C24H26N4O3/c25-24(30)22-14-15-28(27-22)19-11-9-18(10-12-19)26-23(29)13-8-17-4-3-7-21(16-17)31-20-5-1-2-6-20/h3-4,7,9-12,14-16,20H,1-2,5-6,8,13H2,(H2,25,30)(H,26,29). The predicted molar refractivity (Wildman–Crippen MR) is 118 cm³/mol. The number of nitrogens with two attached hydrogens (primary N) is 1. The maximum Gasteiger partial charge on any atom is 0.269 e. The Bertz CT molecular complexity index is 1050. The molecular weight excluding hydrogens is 392 g/mol. The van der Waals surface area contributed by atoms with Gasteiger partial charge in [-0.15, -0.1) is 0 Å². The van der Waals surface area contributed by atoms with Crippen LogP contribution in [0.3, 0.4) is 0 Å². The average Bonchev–Trinajstić information content (AvgIpc) is 3.46. The molecule has 1 aliphatic carbocycles. The minimum Gasteiger partial charge on any atom is -0.490 e. The third-order valence-electron chi connectivity index (χ3n) is 5.40. The van der Waals surface area contributed by atoms with Crippen molar-refractivity contribution in [3.05, 3.63) is 72.1 Å². The minimum atomic E-state index is -0.571. The van der Waals surface area contributed by atoms with Crippen LogP contribution in [0.4, 0.5) is 5.69 Å². The quantitative estimate of drug-likeness (QED) is 0.580. The second-order valence-electron chi connectivity index (χ2n) is 7.78. The van der Waals surface area contributed by atoms with E-state index < -0.39 is 5.91 Å². The molecule has 0 radical (unpaired) electrons. The Morgan fingerprint density at radius 1 is 1.10 bits per heavy atom. The molecule has 3 N–H and O–H groups in total. The molecule has 1 fully saturated rings. The summed E-state index contributed by atoms with van der Waals surface area (Å²) < 4.78 is 7.61. The third-order valence-corrected chi connectivity index (χ3v) is 5.40. The van der Waals surface area contributed by atoms with Crippen LogP contribution in [0.5, 0.6) is 5.75 Å². The van der Waals surface area contributed by atoms with E-state index in [-0.39, 0.29) is 11.6 Å². The van der Waals surface area contributed by atoms with Crippen LogP contribution in [-0.4, -0.2) is 27.7 Å². The highest BCUT2D eigenvalue weighted by Gasteiger charge is 2.16. The Labute approximate surface area is 181 Å². The molecule has 0 bridgehead atoms. The molecule has 0 atom stereocenters. The van der Waals surface area contributed by atoms with Crippen molar-refractivity contribution in [1.82, 2.24) is 9.78 Å². The Morgan fingerprint density at radius 2 is 1.87 bits per heavy atom. The number of benzene rings is 2. The van der Waals surface area contributed by atoms with E-state index in [1.54, 1.807) is 29.1 Å². The van der Waals surface area contributed by atoms with Crippen LogP contribution in [-0.2, 0) is 11.2 Å². The van der Waals surface area contributed by atoms with Crippen LogP contribution in [0.25, 0.3) is 5.69 Å². The van der Waals surface area contributed by atoms with Crippen LogP contribution in [0.2, 0.25) is 0 Å². The fraction of sp³-hybridized carbons (Fsp3) is 0.292. The van der Waals surface area contributed by atoms with Gasteiger partial charge in [-0.2, -0.15) is 5.10 Å². The highest BCUT2D eigenvalue weighted by Crippen LogP contribution is 2.25. The lowest BCUT2D eigenvalue weighted by atomic mass is 10.1. The van der Waals surface area contributed by atoms with Gasteiger partial charge in [0, 0.05) is 18.3 Å². The van der Waals surface area contributed by atoms with Crippen molar-refractivity contribution in [1.29, 1.82) is 0 Å². The maximum absolute atomic E-state index is 12.4. The SMILES string of the molecule is NC(=O)c1ccn(-c2ccc(NC(=O)CCc3cccc(OC4CCCC4)c3)cc2)n1. The molecule has 0 spiro atoms. The number of aryl methyl sites for hydroxylation is 1. The molecule has 1 aromatic heterocycles. The summed E-state index contributed by atoms with van der Waals surface area (Å²) in [6.07, 6.45) is 7.74. The second kappa shape index (κ2) is 9.47. The molecule has 7 nitrogen and oxygen atoms in total. The largest absolute Gasteiger partial charge is 0.490 e. The van der Waals surface area contributed by atoms with E-state index in [2.05, 4.69) is 10.4 Å². The van der Waals surface area contributed by atoms with Gasteiger partial charge in [0.1, 0.15) is 11.4 Å². The predicted octanol–water partition coefficient (Wildman–Crippen LogP) is 3.86. The van der Waals surface area contributed by atoms with Gasteiger partial charge in [-0.1, -0.05) is 12.1 Å². The Morgan fingerprint density at radius 3 is 2.58 bits per heavy atom. The van der Waals surface area contributed by atoms with E-state index in [1.165, 1.54) is 12.8 Å². The number of carbonyl (C=O) groups is 2. The Hall–Kier alpha value is -3.61. The fourth-order valence-corrected chi connectivity index (χ4v) is 3.75. The molecule has 0 aliphatic heterocycles. The van der Waals surface area contributed by atoms with E-state index in [9.17, 15) is 9.59 Å². The number of ether oxygens (including phenoxy) is 1. The molecule has 3 aromatic rings. The van der Waals surface area contributed by atoms with Gasteiger partial charge in [0.25, 0.3) is 5.91 Å². The number of rotatable bonds is 8. The number of hydrogen-bond donors (Lipinski definition) is 2. The topological polar surface area (TPSA) is 99.2 Å². The lowest BCUT2D eigenvalue weighted by Gasteiger charge is -2.14. The van der Waals surface area contributed by atoms with Crippen LogP contribution in [0, 0.1) is 0 Å². The third kappa shape index (κ3) is 5.51. The molecule has 2 aromatic carbocycles. The average molecular weight is 418 g/mol. The number of amides is 2. The molecule has 0 saturated heterocycles. The Balaban J connectivity index is 1.29. The van der Waals surface area contributed by atoms with Crippen molar-refractivity contribution < 1.29 is 14.3 Å². The van der Waals surface area contributed by atoms with Crippen LogP contribution >= 0.6 is 0 Å². The van der Waals surface area contributed by atoms with Crippen molar-refractivity contribution in [3.63, 3.8) is 0 Å². The van der Waals surface area contributed by atoms with Crippen LogP contribution < -0.4 is 15.8 Å². The zero-order chi connectivity index (χ0) is 21.6. The summed E-state index contributed by atoms with van der Waals surface area (Å²) in [6, 6.07) is 16.8. The molecule has 1 saturated carbocycles. The number of anilines is 1. The van der Waals surface area contributed by atoms with Gasteiger partial charge < -0.3 is 15.8 Å². The minimum absolute atomic E-state index is 0.0510. The van der Waals surface area contributed by atoms with Crippen LogP contribution in [0.15, 0.2) is 60.8 Å². The smallest absolute Gasteiger partial charge is 0.269 e. The lowest BCUT2D eigenvalue weighted by Crippen LogP contribution is -2.13. The van der Waals surface area contributed by atoms with E-state index >= 15 is 0 Å². The zero-order valence-electron chi connectivity index (χ0n) is 17.3. The van der Waals surface area contributed by atoms with Gasteiger partial charge in [-0.25, -0.2) is 4.68 Å². The van der Waals surface area contributed by atoms with Crippen molar-refractivity contribution in [3.8, 4) is 11.4 Å². The lowest BCUT2D eigenvalue weighted by molar-refractivity contribution is -0.116. The van der Waals surface area contributed by atoms with Crippen LogP contribution in [0.1, 0.15) is 48.2 Å². The van der Waals surface area contributed by atoms with Crippen molar-refractivity contribution in [2.45, 2.75) is 44.6 Å². The summed E-state index contributed by atoms with van der Waals surface area (Å²) in [5.41, 5.74) is 7.99. The van der Waals surface area contributed by atoms with Gasteiger partial charge in [0.05, 0.1) is 11.8 Å². The molecular formula is C24H26N4O3. The molecule has 160 valence electrons. The van der Waals surface area contributed by atoms with Crippen molar-refractivity contribution >= 4 is 17.5 Å². The number of hydrogen-bond acceptors (Lipinski definition) is 4. The van der Waals surface area contributed by atoms with Gasteiger partial charge in [-0.3, -0.25) is 9.59 Å². The monoisotopic (exact) mass is 418 g/mol. The van der Waals surface area contributed by atoms with Gasteiger partial charge in [0.2, 0.25) is 5.91 Å². The van der Waals surface area contributed by atoms with Gasteiger partial charge in [0.15, 0.2) is 0 Å². The summed E-state index contributed by atoms with van der Waals surface area (Å²) in [7, 11) is 0. The van der Waals surface area contributed by atoms with Gasteiger partial charge >= 0.3 is 0 Å². The molecule has 2 amide bonds. The molecule has 4 rings (SSSR count). The number of carbonyl (C=O) groups excluding carboxylic acids is 2. The molecule has 31 heavy (non-hydrogen) atoms. The van der Waals surface area contributed by atoms with Gasteiger partial charge in [-0.05, 0) is 80.1 Å². The molecule has 1 aliphatic rings. The first-order valence-electron chi connectivity index (χ1n) is 10.6. The maximum atomic E-state index is 12.4. The first-order valence-corrected chi connectivity index (χ1v) is 10.6. The second-order valence-corrected chi connectivity index (χ2v) is 7.78. The van der Waals surface area contributed by atoms with E-state index in [4.69, 9.17) is 10.5 Å². The molecule has 7 heteroatoms. The molecule has 1 heterocycles. The number of nitrogens with zero attached hydrogens (tertiary/aromatic N) is 2. The normalized spacial score (nSPS) is 13.8. The molecule has 0 unspecified atom stereocenters. The Kier molecular flexibility index (Phi) is 6.31. The first-order chi connectivity index (χ1) is 15.1. The highest BCUT2D eigenvalue weighted by atomic mass is 16.5.